The number of hydrogen-bond acceptors (Lipinski definition) is 3. The first-order valence-corrected chi connectivity index (χ1v) is 5.32. The fourth-order valence-electron chi connectivity index (χ4n) is 1.50. The highest BCUT2D eigenvalue weighted by Crippen LogP contribution is 2.35. The third kappa shape index (κ3) is 1.82. The van der Waals surface area contributed by atoms with Crippen LogP contribution in [-0.4, -0.2) is 19.7 Å². The van der Waals surface area contributed by atoms with Crippen molar-refractivity contribution in [3.8, 4) is 5.75 Å². The van der Waals surface area contributed by atoms with Crippen LogP contribution in [-0.2, 0) is 9.53 Å². The summed E-state index contributed by atoms with van der Waals surface area (Å²) in [5.41, 5.74) is 1.32. The van der Waals surface area contributed by atoms with Crippen LogP contribution in [0.2, 0.25) is 0 Å². The van der Waals surface area contributed by atoms with Gasteiger partial charge >= 0.3 is 5.97 Å². The van der Waals surface area contributed by atoms with E-state index in [1.807, 2.05) is 0 Å². The monoisotopic (exact) mass is 286 g/mol. The molecule has 0 aliphatic carbocycles. The third-order valence-corrected chi connectivity index (χ3v) is 3.08. The number of hydrogen-bond donors (Lipinski definition) is 0. The van der Waals surface area contributed by atoms with Gasteiger partial charge < -0.3 is 9.47 Å². The van der Waals surface area contributed by atoms with E-state index in [9.17, 15) is 9.18 Å². The Morgan fingerprint density at radius 1 is 1.50 bits per heavy atom. The number of esters is 1. The summed E-state index contributed by atoms with van der Waals surface area (Å²) in [5, 5.41) is 0. The van der Waals surface area contributed by atoms with Crippen molar-refractivity contribution in [3.63, 3.8) is 0 Å². The van der Waals surface area contributed by atoms with Gasteiger partial charge in [-0.15, -0.1) is 0 Å². The van der Waals surface area contributed by atoms with Gasteiger partial charge in [0.1, 0.15) is 22.7 Å². The van der Waals surface area contributed by atoms with E-state index >= 15 is 0 Å². The lowest BCUT2D eigenvalue weighted by Gasteiger charge is -2.08. The van der Waals surface area contributed by atoms with Crippen LogP contribution < -0.4 is 4.74 Å². The number of benzene rings is 1. The van der Waals surface area contributed by atoms with Crippen LogP contribution in [0.5, 0.6) is 5.75 Å². The van der Waals surface area contributed by atoms with Crippen LogP contribution in [0.3, 0.4) is 0 Å². The fourth-order valence-corrected chi connectivity index (χ4v) is 1.94. The van der Waals surface area contributed by atoms with Crippen molar-refractivity contribution in [2.75, 3.05) is 13.7 Å². The molecule has 84 valence electrons. The van der Waals surface area contributed by atoms with E-state index in [4.69, 9.17) is 9.47 Å². The minimum atomic E-state index is -0.415. The van der Waals surface area contributed by atoms with Crippen molar-refractivity contribution in [2.24, 2.45) is 0 Å². The summed E-state index contributed by atoms with van der Waals surface area (Å²) in [5.74, 6) is -0.422. The Bertz CT molecular complexity index is 482. The van der Waals surface area contributed by atoms with E-state index in [0.717, 1.165) is 0 Å². The van der Waals surface area contributed by atoms with Gasteiger partial charge in [-0.3, -0.25) is 0 Å². The summed E-state index contributed by atoms with van der Waals surface area (Å²) >= 11 is 3.14. The highest BCUT2D eigenvalue weighted by Gasteiger charge is 2.25. The molecular weight excluding hydrogens is 279 g/mol. The Kier molecular flexibility index (Phi) is 2.96. The molecule has 1 aromatic carbocycles. The second kappa shape index (κ2) is 4.25. The second-order valence-corrected chi connectivity index (χ2v) is 4.01. The largest absolute Gasteiger partial charge is 0.496 e. The van der Waals surface area contributed by atoms with Crippen LogP contribution >= 0.6 is 15.9 Å². The van der Waals surface area contributed by atoms with Crippen LogP contribution in [0.25, 0.3) is 5.57 Å². The van der Waals surface area contributed by atoms with Crippen molar-refractivity contribution >= 4 is 27.5 Å². The maximum absolute atomic E-state index is 13.0. The van der Waals surface area contributed by atoms with Crippen molar-refractivity contribution in [1.82, 2.24) is 0 Å². The normalized spacial score (nSPS) is 15.3. The lowest BCUT2D eigenvalue weighted by Crippen LogP contribution is -1.95. The number of cyclic esters (lactones) is 1. The van der Waals surface area contributed by atoms with E-state index in [2.05, 4.69) is 15.9 Å². The Hall–Kier alpha value is -1.36. The van der Waals surface area contributed by atoms with Gasteiger partial charge in [-0.1, -0.05) is 0 Å². The first kappa shape index (κ1) is 11.1. The minimum Gasteiger partial charge on any atom is -0.496 e. The predicted molar refractivity (Wildman–Crippen MR) is 59.8 cm³/mol. The Labute approximate surface area is 100.0 Å². The average Bonchev–Trinajstić information content (AvgIpc) is 2.60. The highest BCUT2D eigenvalue weighted by atomic mass is 79.9. The van der Waals surface area contributed by atoms with Gasteiger partial charge in [-0.05, 0) is 28.1 Å². The van der Waals surface area contributed by atoms with Gasteiger partial charge in [0.25, 0.3) is 0 Å². The van der Waals surface area contributed by atoms with E-state index in [-0.39, 0.29) is 12.4 Å². The molecule has 1 heterocycles. The molecule has 0 bridgehead atoms. The molecule has 0 radical (unpaired) electrons. The zero-order chi connectivity index (χ0) is 11.7. The molecule has 0 aromatic heterocycles. The first-order valence-electron chi connectivity index (χ1n) is 4.53. The zero-order valence-electron chi connectivity index (χ0n) is 8.42. The molecule has 0 saturated carbocycles. The van der Waals surface area contributed by atoms with E-state index in [1.165, 1.54) is 19.2 Å². The van der Waals surface area contributed by atoms with Crippen molar-refractivity contribution in [1.29, 1.82) is 0 Å². The molecule has 1 aromatic rings. The molecule has 16 heavy (non-hydrogen) atoms. The molecule has 0 fully saturated rings. The Morgan fingerprint density at radius 3 is 2.81 bits per heavy atom. The molecule has 0 unspecified atom stereocenters. The highest BCUT2D eigenvalue weighted by molar-refractivity contribution is 9.12. The average molecular weight is 287 g/mol. The van der Waals surface area contributed by atoms with Crippen LogP contribution in [0.1, 0.15) is 5.56 Å². The lowest BCUT2D eigenvalue weighted by atomic mass is 10.1. The van der Waals surface area contributed by atoms with Crippen molar-refractivity contribution in [2.45, 2.75) is 0 Å². The summed E-state index contributed by atoms with van der Waals surface area (Å²) in [4.78, 5) is 11.2. The maximum atomic E-state index is 13.0. The van der Waals surface area contributed by atoms with E-state index in [1.54, 1.807) is 6.07 Å². The predicted octanol–water partition coefficient (Wildman–Crippen LogP) is 2.50. The Morgan fingerprint density at radius 2 is 2.25 bits per heavy atom. The van der Waals surface area contributed by atoms with Crippen LogP contribution in [0, 0.1) is 5.82 Å². The van der Waals surface area contributed by atoms with E-state index < -0.39 is 5.97 Å². The maximum Gasteiger partial charge on any atom is 0.346 e. The summed E-state index contributed by atoms with van der Waals surface area (Å²) < 4.78 is 23.3. The van der Waals surface area contributed by atoms with Crippen LogP contribution in [0.4, 0.5) is 4.39 Å². The van der Waals surface area contributed by atoms with Crippen LogP contribution in [0.15, 0.2) is 22.7 Å². The van der Waals surface area contributed by atoms with Crippen molar-refractivity contribution < 1.29 is 18.7 Å². The third-order valence-electron chi connectivity index (χ3n) is 2.28. The molecule has 1 aliphatic rings. The lowest BCUT2D eigenvalue weighted by molar-refractivity contribution is -0.135. The molecule has 5 heteroatoms. The molecule has 3 nitrogen and oxygen atoms in total. The first-order chi connectivity index (χ1) is 7.63. The zero-order valence-corrected chi connectivity index (χ0v) is 10.0. The summed E-state index contributed by atoms with van der Waals surface area (Å²) in [6.45, 7) is 0.168. The topological polar surface area (TPSA) is 35.5 Å². The second-order valence-electron chi connectivity index (χ2n) is 3.21. The number of carbonyl (C=O) groups is 1. The summed E-state index contributed by atoms with van der Waals surface area (Å²) in [7, 11) is 1.45. The van der Waals surface area contributed by atoms with Gasteiger partial charge in [0.2, 0.25) is 0 Å². The quantitative estimate of drug-likeness (QED) is 0.784. The smallest absolute Gasteiger partial charge is 0.346 e. The number of rotatable bonds is 2. The molecule has 2 rings (SSSR count). The van der Waals surface area contributed by atoms with E-state index in [0.29, 0.717) is 21.4 Å². The number of carbonyl (C=O) groups excluding carboxylic acids is 1. The Balaban J connectivity index is 2.52. The molecule has 0 spiro atoms. The van der Waals surface area contributed by atoms with Gasteiger partial charge in [0.05, 0.1) is 7.11 Å². The summed E-state index contributed by atoms with van der Waals surface area (Å²) in [6, 6.07) is 4.14. The number of ether oxygens (including phenoxy) is 2. The molecule has 0 N–H and O–H groups in total. The molecule has 0 atom stereocenters. The van der Waals surface area contributed by atoms with Crippen molar-refractivity contribution in [3.05, 3.63) is 34.1 Å². The number of methoxy groups -OCH3 is 1. The summed E-state index contributed by atoms with van der Waals surface area (Å²) in [6.07, 6.45) is 0. The van der Waals surface area contributed by atoms with Gasteiger partial charge in [-0.25, -0.2) is 9.18 Å². The minimum absolute atomic E-state index is 0.168. The van der Waals surface area contributed by atoms with Gasteiger partial charge in [-0.2, -0.15) is 0 Å². The van der Waals surface area contributed by atoms with Gasteiger partial charge in [0.15, 0.2) is 0 Å². The SMILES string of the molecule is COc1cc(F)ccc1C1=C(Br)C(=O)OC1. The molecule has 0 saturated heterocycles. The van der Waals surface area contributed by atoms with Gasteiger partial charge in [0, 0.05) is 17.2 Å². The fraction of sp³-hybridized carbons (Fsp3) is 0.182. The molecule has 1 aliphatic heterocycles. The number of halogens is 2. The molecular formula is C11H8BrFO3. The standard InChI is InChI=1S/C11H8BrFO3/c1-15-9-4-6(13)2-3-7(9)8-5-16-11(14)10(8)12/h2-4H,5H2,1H3. The molecule has 0 amide bonds.